The average molecular weight is 359 g/mol. The second-order valence-corrected chi connectivity index (χ2v) is 6.37. The van der Waals surface area contributed by atoms with Gasteiger partial charge in [0.05, 0.1) is 10.8 Å². The van der Waals surface area contributed by atoms with Gasteiger partial charge in [0, 0.05) is 18.3 Å². The van der Waals surface area contributed by atoms with E-state index < -0.39 is 0 Å². The first-order valence-corrected chi connectivity index (χ1v) is 8.63. The Hall–Kier alpha value is -2.31. The fourth-order valence-corrected chi connectivity index (χ4v) is 3.04. The number of para-hydroxylation sites is 1. The van der Waals surface area contributed by atoms with Crippen LogP contribution in [-0.2, 0) is 4.79 Å². The molecule has 2 aromatic carbocycles. The molecule has 0 atom stereocenters. The van der Waals surface area contributed by atoms with Gasteiger partial charge in [-0.2, -0.15) is 0 Å². The van der Waals surface area contributed by atoms with Crippen LogP contribution in [0.15, 0.2) is 59.8 Å². The Balaban J connectivity index is 1.64. The van der Waals surface area contributed by atoms with Crippen molar-refractivity contribution in [3.05, 3.63) is 59.6 Å². The van der Waals surface area contributed by atoms with Gasteiger partial charge in [-0.15, -0.1) is 5.10 Å². The van der Waals surface area contributed by atoms with Crippen molar-refractivity contribution in [3.63, 3.8) is 0 Å². The molecule has 3 aromatic rings. The summed E-state index contributed by atoms with van der Waals surface area (Å²) in [4.78, 5) is 18.3. The summed E-state index contributed by atoms with van der Waals surface area (Å²) in [7, 11) is 1.76. The summed E-state index contributed by atoms with van der Waals surface area (Å²) in [6, 6.07) is 16.9. The molecular weight excluding hydrogens is 344 g/mol. The zero-order chi connectivity index (χ0) is 16.9. The first-order chi connectivity index (χ1) is 11.6. The topological polar surface area (TPSA) is 61.9 Å². The van der Waals surface area contributed by atoms with Gasteiger partial charge in [-0.1, -0.05) is 53.7 Å². The third-order valence-electron chi connectivity index (χ3n) is 3.44. The van der Waals surface area contributed by atoms with Crippen LogP contribution < -0.4 is 4.90 Å². The molecule has 24 heavy (non-hydrogen) atoms. The molecule has 0 saturated heterocycles. The Morgan fingerprint density at radius 2 is 1.88 bits per heavy atom. The number of carbonyl (C=O) groups is 1. The first kappa shape index (κ1) is 16.5. The molecule has 0 aliphatic heterocycles. The minimum atomic E-state index is -0.0182. The zero-order valence-corrected chi connectivity index (χ0v) is 14.5. The second-order valence-electron chi connectivity index (χ2n) is 5.02. The van der Waals surface area contributed by atoms with E-state index in [-0.39, 0.29) is 11.7 Å². The number of amides is 1. The van der Waals surface area contributed by atoms with E-state index in [0.29, 0.717) is 16.0 Å². The standard InChI is InChI=1S/C17H15ClN4OS/c1-22(12-7-3-2-4-8-12)15(23)11-24-17-19-16(20-21-17)13-9-5-6-10-14(13)18/h2-10H,11H2,1H3,(H,19,20,21). The van der Waals surface area contributed by atoms with Crippen LogP contribution in [0.2, 0.25) is 5.02 Å². The maximum absolute atomic E-state index is 12.3. The predicted octanol–water partition coefficient (Wildman–Crippen LogP) is 3.88. The van der Waals surface area contributed by atoms with Crippen molar-refractivity contribution < 1.29 is 4.79 Å². The van der Waals surface area contributed by atoms with E-state index in [1.165, 1.54) is 11.8 Å². The van der Waals surface area contributed by atoms with E-state index in [1.54, 1.807) is 18.0 Å². The third kappa shape index (κ3) is 3.77. The van der Waals surface area contributed by atoms with Crippen molar-refractivity contribution in [2.24, 2.45) is 0 Å². The van der Waals surface area contributed by atoms with E-state index in [1.807, 2.05) is 48.5 Å². The van der Waals surface area contributed by atoms with Crippen molar-refractivity contribution in [1.29, 1.82) is 0 Å². The van der Waals surface area contributed by atoms with Gasteiger partial charge in [-0.3, -0.25) is 9.89 Å². The smallest absolute Gasteiger partial charge is 0.237 e. The molecule has 7 heteroatoms. The van der Waals surface area contributed by atoms with Crippen LogP contribution in [0.5, 0.6) is 0 Å². The van der Waals surface area contributed by atoms with Gasteiger partial charge in [0.25, 0.3) is 0 Å². The summed E-state index contributed by atoms with van der Waals surface area (Å²) in [5.41, 5.74) is 1.64. The number of aromatic nitrogens is 3. The quantitative estimate of drug-likeness (QED) is 0.703. The molecule has 1 N–H and O–H groups in total. The molecule has 0 fully saturated rings. The lowest BCUT2D eigenvalue weighted by molar-refractivity contribution is -0.115. The number of carbonyl (C=O) groups excluding carboxylic acids is 1. The summed E-state index contributed by atoms with van der Waals surface area (Å²) < 4.78 is 0. The number of H-pyrrole nitrogens is 1. The molecule has 5 nitrogen and oxygen atoms in total. The Kier molecular flexibility index (Phi) is 5.17. The van der Waals surface area contributed by atoms with E-state index in [2.05, 4.69) is 15.2 Å². The molecule has 0 bridgehead atoms. The van der Waals surface area contributed by atoms with Crippen LogP contribution in [0.4, 0.5) is 5.69 Å². The number of rotatable bonds is 5. The van der Waals surface area contributed by atoms with Crippen molar-refractivity contribution in [3.8, 4) is 11.4 Å². The number of hydrogen-bond donors (Lipinski definition) is 1. The molecule has 3 rings (SSSR count). The second kappa shape index (κ2) is 7.51. The molecule has 1 heterocycles. The Morgan fingerprint density at radius 1 is 1.17 bits per heavy atom. The Morgan fingerprint density at radius 3 is 2.62 bits per heavy atom. The van der Waals surface area contributed by atoms with E-state index >= 15 is 0 Å². The molecule has 0 unspecified atom stereocenters. The summed E-state index contributed by atoms with van der Waals surface area (Å²) in [5, 5.41) is 8.11. The zero-order valence-electron chi connectivity index (χ0n) is 12.9. The molecule has 0 aliphatic rings. The van der Waals surface area contributed by atoms with E-state index in [0.717, 1.165) is 11.3 Å². The number of nitrogens with zero attached hydrogens (tertiary/aromatic N) is 3. The lowest BCUT2D eigenvalue weighted by Crippen LogP contribution is -2.27. The van der Waals surface area contributed by atoms with Crippen LogP contribution in [0.3, 0.4) is 0 Å². The number of anilines is 1. The first-order valence-electron chi connectivity index (χ1n) is 7.27. The fraction of sp³-hybridized carbons (Fsp3) is 0.118. The number of hydrogen-bond acceptors (Lipinski definition) is 4. The number of nitrogens with one attached hydrogen (secondary N) is 1. The maximum atomic E-state index is 12.3. The van der Waals surface area contributed by atoms with E-state index in [4.69, 9.17) is 11.6 Å². The number of aromatic amines is 1. The molecule has 1 amide bonds. The number of thioether (sulfide) groups is 1. The third-order valence-corrected chi connectivity index (χ3v) is 4.60. The molecule has 122 valence electrons. The number of benzene rings is 2. The lowest BCUT2D eigenvalue weighted by atomic mass is 10.2. The monoisotopic (exact) mass is 358 g/mol. The highest BCUT2D eigenvalue weighted by atomic mass is 35.5. The van der Waals surface area contributed by atoms with Crippen LogP contribution in [-0.4, -0.2) is 33.9 Å². The lowest BCUT2D eigenvalue weighted by Gasteiger charge is -2.16. The van der Waals surface area contributed by atoms with Crippen molar-refractivity contribution in [2.45, 2.75) is 5.16 Å². The van der Waals surface area contributed by atoms with Crippen LogP contribution in [0.25, 0.3) is 11.4 Å². The fourth-order valence-electron chi connectivity index (χ4n) is 2.10. The van der Waals surface area contributed by atoms with Gasteiger partial charge < -0.3 is 4.90 Å². The highest BCUT2D eigenvalue weighted by Gasteiger charge is 2.14. The largest absolute Gasteiger partial charge is 0.315 e. The van der Waals surface area contributed by atoms with Crippen LogP contribution >= 0.6 is 23.4 Å². The van der Waals surface area contributed by atoms with Crippen molar-refractivity contribution in [1.82, 2.24) is 15.2 Å². The minimum absolute atomic E-state index is 0.0182. The van der Waals surface area contributed by atoms with E-state index in [9.17, 15) is 4.79 Å². The summed E-state index contributed by atoms with van der Waals surface area (Å²) in [6.07, 6.45) is 0. The van der Waals surface area contributed by atoms with Gasteiger partial charge in [0.1, 0.15) is 0 Å². The summed E-state index contributed by atoms with van der Waals surface area (Å²) in [6.45, 7) is 0. The average Bonchev–Trinajstić information content (AvgIpc) is 3.09. The van der Waals surface area contributed by atoms with Gasteiger partial charge >= 0.3 is 0 Å². The molecule has 0 saturated carbocycles. The molecule has 0 aliphatic carbocycles. The van der Waals surface area contributed by atoms with Gasteiger partial charge in [-0.05, 0) is 24.3 Å². The van der Waals surface area contributed by atoms with Gasteiger partial charge in [0.15, 0.2) is 5.82 Å². The Bertz CT molecular complexity index is 837. The Labute approximate surface area is 149 Å². The molecular formula is C17H15ClN4OS. The molecule has 0 spiro atoms. The van der Waals surface area contributed by atoms with Crippen molar-refractivity contribution >= 4 is 35.0 Å². The maximum Gasteiger partial charge on any atom is 0.237 e. The normalized spacial score (nSPS) is 10.6. The minimum Gasteiger partial charge on any atom is -0.315 e. The van der Waals surface area contributed by atoms with Crippen LogP contribution in [0, 0.1) is 0 Å². The summed E-state index contributed by atoms with van der Waals surface area (Å²) >= 11 is 7.43. The molecule has 0 radical (unpaired) electrons. The SMILES string of the molecule is CN(C(=O)CSc1n[nH]c(-c2ccccc2Cl)n1)c1ccccc1. The summed E-state index contributed by atoms with van der Waals surface area (Å²) in [5.74, 6) is 0.827. The number of halogens is 1. The highest BCUT2D eigenvalue weighted by molar-refractivity contribution is 7.99. The van der Waals surface area contributed by atoms with Crippen LogP contribution in [0.1, 0.15) is 0 Å². The van der Waals surface area contributed by atoms with Crippen molar-refractivity contribution in [2.75, 3.05) is 17.7 Å². The molecule has 1 aromatic heterocycles. The predicted molar refractivity (Wildman–Crippen MR) is 97.4 cm³/mol. The highest BCUT2D eigenvalue weighted by Crippen LogP contribution is 2.26. The van der Waals surface area contributed by atoms with Gasteiger partial charge in [0.2, 0.25) is 11.1 Å². The van der Waals surface area contributed by atoms with Gasteiger partial charge in [-0.25, -0.2) is 4.98 Å².